The Kier molecular flexibility index (Phi) is 7.35. The number of anilines is 1. The molecule has 4 rings (SSSR count). The van der Waals surface area contributed by atoms with Crippen molar-refractivity contribution in [1.29, 1.82) is 0 Å². The van der Waals surface area contributed by atoms with Gasteiger partial charge in [0, 0.05) is 29.5 Å². The van der Waals surface area contributed by atoms with E-state index in [9.17, 15) is 0 Å². The number of hydrogen-bond donors (Lipinski definition) is 2. The van der Waals surface area contributed by atoms with Gasteiger partial charge in [-0.25, -0.2) is 0 Å². The summed E-state index contributed by atoms with van der Waals surface area (Å²) in [5.74, 6) is 0. The number of thiocarbonyl (C=S) groups is 1. The predicted octanol–water partition coefficient (Wildman–Crippen LogP) is 5.08. The molecule has 7 heteroatoms. The molecular formula is C24H25ClN4OS. The summed E-state index contributed by atoms with van der Waals surface area (Å²) in [7, 11) is 0. The number of rotatable bonds is 5. The highest BCUT2D eigenvalue weighted by molar-refractivity contribution is 7.80. The van der Waals surface area contributed by atoms with Crippen LogP contribution in [0.5, 0.6) is 0 Å². The molecule has 2 aromatic carbocycles. The number of benzene rings is 2. The molecule has 2 N–H and O–H groups in total. The fraction of sp³-hybridized carbons (Fsp3) is 0.250. The van der Waals surface area contributed by atoms with Crippen molar-refractivity contribution in [3.8, 4) is 0 Å². The minimum Gasteiger partial charge on any atom is -0.378 e. The maximum Gasteiger partial charge on any atom is 0.191 e. The molecule has 1 heterocycles. The van der Waals surface area contributed by atoms with Crippen LogP contribution in [0.4, 0.5) is 5.69 Å². The molecule has 2 aliphatic rings. The highest BCUT2D eigenvalue weighted by Crippen LogP contribution is 2.34. The van der Waals surface area contributed by atoms with Crippen molar-refractivity contribution in [3.63, 3.8) is 0 Å². The zero-order chi connectivity index (χ0) is 21.5. The summed E-state index contributed by atoms with van der Waals surface area (Å²) < 4.78 is 5.56. The fourth-order valence-corrected chi connectivity index (χ4v) is 4.18. The molecule has 0 radical (unpaired) electrons. The van der Waals surface area contributed by atoms with Crippen molar-refractivity contribution in [2.45, 2.75) is 12.8 Å². The molecule has 1 aliphatic heterocycles. The van der Waals surface area contributed by atoms with E-state index in [1.807, 2.05) is 36.5 Å². The first-order valence-corrected chi connectivity index (χ1v) is 11.1. The quantitative estimate of drug-likeness (QED) is 0.376. The van der Waals surface area contributed by atoms with Crippen LogP contribution in [-0.4, -0.2) is 42.5 Å². The average molecular weight is 453 g/mol. The zero-order valence-corrected chi connectivity index (χ0v) is 18.8. The van der Waals surface area contributed by atoms with Crippen molar-refractivity contribution in [2.75, 3.05) is 31.6 Å². The van der Waals surface area contributed by atoms with Crippen molar-refractivity contribution in [1.82, 2.24) is 10.3 Å². The zero-order valence-electron chi connectivity index (χ0n) is 17.2. The van der Waals surface area contributed by atoms with Gasteiger partial charge in [0.05, 0.1) is 19.4 Å². The number of nitrogens with zero attached hydrogens (tertiary/aromatic N) is 2. The Labute approximate surface area is 193 Å². The van der Waals surface area contributed by atoms with E-state index in [4.69, 9.17) is 28.6 Å². The van der Waals surface area contributed by atoms with Gasteiger partial charge in [0.1, 0.15) is 0 Å². The highest BCUT2D eigenvalue weighted by atomic mass is 35.5. The van der Waals surface area contributed by atoms with Crippen LogP contribution in [0.15, 0.2) is 76.5 Å². The first-order valence-electron chi connectivity index (χ1n) is 10.4. The summed E-state index contributed by atoms with van der Waals surface area (Å²) in [6.45, 7) is 3.28. The van der Waals surface area contributed by atoms with Gasteiger partial charge in [-0.15, -0.1) is 0 Å². The van der Waals surface area contributed by atoms with Crippen LogP contribution in [-0.2, 0) is 4.74 Å². The summed E-state index contributed by atoms with van der Waals surface area (Å²) >= 11 is 11.4. The number of hydrazone groups is 1. The van der Waals surface area contributed by atoms with E-state index in [1.165, 1.54) is 22.4 Å². The first kappa shape index (κ1) is 21.6. The standard InChI is InChI=1S/C24H25ClN4OS/c25-21-7-4-8-22(16-21)27-24(31)28-26-17-20-10-9-19(15-18-5-2-1-3-6-18)23(20)29-11-13-30-14-12-29/h1-8,15-17H,9-14H2,(H2,27,28,31)/b19-15-,26-17+. The van der Waals surface area contributed by atoms with Gasteiger partial charge in [-0.05, 0) is 66.0 Å². The van der Waals surface area contributed by atoms with Crippen LogP contribution in [0.2, 0.25) is 5.02 Å². The molecule has 0 bridgehead atoms. The SMILES string of the molecule is S=C(N/N=C/C1=C(N2CCOCC2)C(=C\c2ccccc2)/CC1)Nc1cccc(Cl)c1. The second kappa shape index (κ2) is 10.6. The molecule has 2 aromatic rings. The second-order valence-electron chi connectivity index (χ2n) is 7.39. The maximum atomic E-state index is 6.02. The van der Waals surface area contributed by atoms with Crippen molar-refractivity contribution < 1.29 is 4.74 Å². The van der Waals surface area contributed by atoms with Crippen LogP contribution < -0.4 is 10.7 Å². The number of ether oxygens (including phenoxy) is 1. The van der Waals surface area contributed by atoms with E-state index in [0.717, 1.165) is 44.8 Å². The molecule has 0 saturated carbocycles. The highest BCUT2D eigenvalue weighted by Gasteiger charge is 2.25. The summed E-state index contributed by atoms with van der Waals surface area (Å²) in [4.78, 5) is 2.41. The van der Waals surface area contributed by atoms with E-state index in [0.29, 0.717) is 10.1 Å². The Balaban J connectivity index is 1.50. The Hall–Kier alpha value is -2.67. The molecule has 0 aromatic heterocycles. The van der Waals surface area contributed by atoms with E-state index in [2.05, 4.69) is 51.1 Å². The normalized spacial score (nSPS) is 18.1. The van der Waals surface area contributed by atoms with Crippen LogP contribution in [0.25, 0.3) is 6.08 Å². The largest absolute Gasteiger partial charge is 0.378 e. The van der Waals surface area contributed by atoms with Gasteiger partial charge < -0.3 is 15.0 Å². The number of halogens is 1. The third-order valence-corrected chi connectivity index (χ3v) is 5.64. The predicted molar refractivity (Wildman–Crippen MR) is 132 cm³/mol. The number of hydrogen-bond acceptors (Lipinski definition) is 4. The molecule has 0 atom stereocenters. The lowest BCUT2D eigenvalue weighted by atomic mass is 10.1. The summed E-state index contributed by atoms with van der Waals surface area (Å²) in [6.07, 6.45) is 6.12. The minimum atomic E-state index is 0.421. The Morgan fingerprint density at radius 1 is 1.06 bits per heavy atom. The third kappa shape index (κ3) is 5.94. The molecule has 0 unspecified atom stereocenters. The molecule has 0 spiro atoms. The van der Waals surface area contributed by atoms with Crippen LogP contribution in [0.1, 0.15) is 18.4 Å². The maximum absolute atomic E-state index is 6.02. The van der Waals surface area contributed by atoms with Gasteiger partial charge in [0.15, 0.2) is 5.11 Å². The summed E-state index contributed by atoms with van der Waals surface area (Å²) in [5.41, 5.74) is 8.77. The Morgan fingerprint density at radius 3 is 2.65 bits per heavy atom. The van der Waals surface area contributed by atoms with Crippen molar-refractivity contribution >= 4 is 46.9 Å². The topological polar surface area (TPSA) is 48.9 Å². The molecule has 1 saturated heterocycles. The van der Waals surface area contributed by atoms with Gasteiger partial charge in [0.25, 0.3) is 0 Å². The van der Waals surface area contributed by atoms with Crippen LogP contribution in [0.3, 0.4) is 0 Å². The molecule has 1 fully saturated rings. The van der Waals surface area contributed by atoms with Gasteiger partial charge in [0.2, 0.25) is 0 Å². The molecule has 5 nitrogen and oxygen atoms in total. The third-order valence-electron chi connectivity index (χ3n) is 5.21. The molecule has 160 valence electrons. The molecule has 0 amide bonds. The van der Waals surface area contributed by atoms with E-state index < -0.39 is 0 Å². The van der Waals surface area contributed by atoms with Gasteiger partial charge in [-0.1, -0.05) is 48.0 Å². The summed E-state index contributed by atoms with van der Waals surface area (Å²) in [6, 6.07) is 17.9. The van der Waals surface area contributed by atoms with Crippen molar-refractivity contribution in [3.05, 3.63) is 82.0 Å². The molecular weight excluding hydrogens is 428 g/mol. The number of nitrogens with one attached hydrogen (secondary N) is 2. The van der Waals surface area contributed by atoms with Crippen molar-refractivity contribution in [2.24, 2.45) is 5.10 Å². The number of allylic oxidation sites excluding steroid dienone is 2. The van der Waals surface area contributed by atoms with Crippen LogP contribution >= 0.6 is 23.8 Å². The first-order chi connectivity index (χ1) is 15.2. The number of morpholine rings is 1. The lowest BCUT2D eigenvalue weighted by Gasteiger charge is -2.31. The average Bonchev–Trinajstić information content (AvgIpc) is 3.17. The smallest absolute Gasteiger partial charge is 0.191 e. The van der Waals surface area contributed by atoms with Crippen LogP contribution in [0, 0.1) is 0 Å². The van der Waals surface area contributed by atoms with E-state index >= 15 is 0 Å². The molecule has 31 heavy (non-hydrogen) atoms. The lowest BCUT2D eigenvalue weighted by Crippen LogP contribution is -2.36. The van der Waals surface area contributed by atoms with Gasteiger partial charge in [-0.3, -0.25) is 5.43 Å². The van der Waals surface area contributed by atoms with E-state index in [1.54, 1.807) is 0 Å². The second-order valence-corrected chi connectivity index (χ2v) is 8.23. The Bertz CT molecular complexity index is 1010. The summed E-state index contributed by atoms with van der Waals surface area (Å²) in [5, 5.41) is 8.57. The fourth-order valence-electron chi connectivity index (χ4n) is 3.82. The molecule has 1 aliphatic carbocycles. The van der Waals surface area contributed by atoms with E-state index in [-0.39, 0.29) is 0 Å². The minimum absolute atomic E-state index is 0.421. The van der Waals surface area contributed by atoms with Gasteiger partial charge >= 0.3 is 0 Å². The monoisotopic (exact) mass is 452 g/mol. The lowest BCUT2D eigenvalue weighted by molar-refractivity contribution is 0.0548. The van der Waals surface area contributed by atoms with Gasteiger partial charge in [-0.2, -0.15) is 5.10 Å². The Morgan fingerprint density at radius 2 is 1.87 bits per heavy atom.